The third-order valence-electron chi connectivity index (χ3n) is 3.85. The highest BCUT2D eigenvalue weighted by Crippen LogP contribution is 2.17. The second-order valence-electron chi connectivity index (χ2n) is 5.44. The molecule has 0 spiro atoms. The number of esters is 1. The van der Waals surface area contributed by atoms with Crippen molar-refractivity contribution >= 4 is 11.9 Å². The van der Waals surface area contributed by atoms with Crippen molar-refractivity contribution in [2.24, 2.45) is 5.92 Å². The van der Waals surface area contributed by atoms with Gasteiger partial charge in [0.15, 0.2) is 0 Å². The molecule has 1 aromatic carbocycles. The van der Waals surface area contributed by atoms with Crippen LogP contribution in [0.15, 0.2) is 30.3 Å². The first-order valence-electron chi connectivity index (χ1n) is 7.24. The van der Waals surface area contributed by atoms with Gasteiger partial charge in [-0.05, 0) is 25.5 Å². The third-order valence-corrected chi connectivity index (χ3v) is 3.85. The first-order chi connectivity index (χ1) is 10.1. The van der Waals surface area contributed by atoms with Crippen LogP contribution >= 0.6 is 0 Å². The highest BCUT2D eigenvalue weighted by molar-refractivity contribution is 5.79. The molecule has 1 amide bonds. The number of carbonyl (C=O) groups excluding carboxylic acids is 2. The second kappa shape index (κ2) is 7.22. The maximum Gasteiger partial charge on any atom is 0.310 e. The summed E-state index contributed by atoms with van der Waals surface area (Å²) in [7, 11) is 1.40. The van der Waals surface area contributed by atoms with Crippen LogP contribution in [0.25, 0.3) is 0 Å². The fourth-order valence-electron chi connectivity index (χ4n) is 2.65. The van der Waals surface area contributed by atoms with Crippen LogP contribution in [-0.2, 0) is 14.3 Å². The van der Waals surface area contributed by atoms with Gasteiger partial charge in [0.05, 0.1) is 25.6 Å². The number of amides is 1. The van der Waals surface area contributed by atoms with Gasteiger partial charge >= 0.3 is 5.97 Å². The molecule has 5 nitrogen and oxygen atoms in total. The van der Waals surface area contributed by atoms with Crippen LogP contribution in [-0.4, -0.2) is 43.5 Å². The minimum Gasteiger partial charge on any atom is -0.469 e. The minimum absolute atomic E-state index is 0.0160. The number of hydrogen-bond donors (Lipinski definition) is 1. The summed E-state index contributed by atoms with van der Waals surface area (Å²) in [5.41, 5.74) is 1.08. The van der Waals surface area contributed by atoms with Crippen LogP contribution in [0.1, 0.15) is 24.9 Å². The van der Waals surface area contributed by atoms with Crippen LogP contribution in [0.4, 0.5) is 0 Å². The molecule has 21 heavy (non-hydrogen) atoms. The standard InChI is InChI=1S/C16H22N2O3/c1-12(13-6-4-3-5-7-13)17-15(19)11-18-9-8-14(10-18)16(20)21-2/h3-7,12,14H,8-11H2,1-2H3,(H,17,19). The SMILES string of the molecule is COC(=O)C1CCN(CC(=O)NC(C)c2ccccc2)C1. The summed E-state index contributed by atoms with van der Waals surface area (Å²) < 4.78 is 4.74. The van der Waals surface area contributed by atoms with Crippen molar-refractivity contribution < 1.29 is 14.3 Å². The number of nitrogens with zero attached hydrogens (tertiary/aromatic N) is 1. The van der Waals surface area contributed by atoms with Crippen molar-refractivity contribution in [3.05, 3.63) is 35.9 Å². The molecule has 1 heterocycles. The zero-order valence-corrected chi connectivity index (χ0v) is 12.5. The molecule has 0 aromatic heterocycles. The maximum absolute atomic E-state index is 12.1. The third kappa shape index (κ3) is 4.29. The number of likely N-dealkylation sites (tertiary alicyclic amines) is 1. The number of hydrogen-bond acceptors (Lipinski definition) is 4. The van der Waals surface area contributed by atoms with Gasteiger partial charge in [-0.2, -0.15) is 0 Å². The Morgan fingerprint density at radius 1 is 1.38 bits per heavy atom. The molecule has 2 rings (SSSR count). The van der Waals surface area contributed by atoms with Crippen molar-refractivity contribution in [3.63, 3.8) is 0 Å². The molecule has 114 valence electrons. The topological polar surface area (TPSA) is 58.6 Å². The van der Waals surface area contributed by atoms with E-state index in [1.807, 2.05) is 42.2 Å². The molecular formula is C16H22N2O3. The van der Waals surface area contributed by atoms with E-state index in [4.69, 9.17) is 4.74 Å². The van der Waals surface area contributed by atoms with Crippen molar-refractivity contribution in [2.45, 2.75) is 19.4 Å². The lowest BCUT2D eigenvalue weighted by molar-refractivity contribution is -0.145. The molecule has 1 aliphatic rings. The number of nitrogens with one attached hydrogen (secondary N) is 1. The molecule has 2 atom stereocenters. The molecule has 1 aromatic rings. The van der Waals surface area contributed by atoms with Crippen LogP contribution < -0.4 is 5.32 Å². The van der Waals surface area contributed by atoms with Gasteiger partial charge in [0.1, 0.15) is 0 Å². The van der Waals surface area contributed by atoms with Crippen molar-refractivity contribution in [2.75, 3.05) is 26.7 Å². The fourth-order valence-corrected chi connectivity index (χ4v) is 2.65. The molecule has 0 bridgehead atoms. The summed E-state index contributed by atoms with van der Waals surface area (Å²) in [6.07, 6.45) is 0.758. The normalized spacial score (nSPS) is 20.0. The van der Waals surface area contributed by atoms with E-state index in [0.29, 0.717) is 13.1 Å². The maximum atomic E-state index is 12.1. The smallest absolute Gasteiger partial charge is 0.310 e. The Bertz CT molecular complexity index is 490. The van der Waals surface area contributed by atoms with Gasteiger partial charge in [-0.3, -0.25) is 14.5 Å². The molecule has 2 unspecified atom stereocenters. The quantitative estimate of drug-likeness (QED) is 0.832. The predicted octanol–water partition coefficient (Wildman–Crippen LogP) is 1.36. The Labute approximate surface area is 125 Å². The zero-order valence-electron chi connectivity index (χ0n) is 12.5. The Hall–Kier alpha value is -1.88. The zero-order chi connectivity index (χ0) is 15.2. The fraction of sp³-hybridized carbons (Fsp3) is 0.500. The van der Waals surface area contributed by atoms with Gasteiger partial charge < -0.3 is 10.1 Å². The van der Waals surface area contributed by atoms with Gasteiger partial charge in [-0.1, -0.05) is 30.3 Å². The van der Waals surface area contributed by atoms with E-state index < -0.39 is 0 Å². The molecule has 1 aliphatic heterocycles. The van der Waals surface area contributed by atoms with Gasteiger partial charge in [0, 0.05) is 6.54 Å². The molecule has 1 N–H and O–H groups in total. The number of benzene rings is 1. The van der Waals surface area contributed by atoms with Crippen LogP contribution in [0, 0.1) is 5.92 Å². The van der Waals surface area contributed by atoms with Crippen LogP contribution in [0.2, 0.25) is 0 Å². The van der Waals surface area contributed by atoms with E-state index in [2.05, 4.69) is 5.32 Å². The number of methoxy groups -OCH3 is 1. The Kier molecular flexibility index (Phi) is 5.33. The van der Waals surface area contributed by atoms with E-state index in [0.717, 1.165) is 18.5 Å². The first kappa shape index (κ1) is 15.5. The number of carbonyl (C=O) groups is 2. The van der Waals surface area contributed by atoms with Gasteiger partial charge in [0.25, 0.3) is 0 Å². The summed E-state index contributed by atoms with van der Waals surface area (Å²) >= 11 is 0. The first-order valence-corrected chi connectivity index (χ1v) is 7.24. The Morgan fingerprint density at radius 2 is 2.10 bits per heavy atom. The average Bonchev–Trinajstić information content (AvgIpc) is 2.95. The monoisotopic (exact) mass is 290 g/mol. The number of ether oxygens (including phenoxy) is 1. The average molecular weight is 290 g/mol. The minimum atomic E-state index is -0.185. The summed E-state index contributed by atoms with van der Waals surface area (Å²) in [6, 6.07) is 9.84. The van der Waals surface area contributed by atoms with Crippen molar-refractivity contribution in [3.8, 4) is 0 Å². The van der Waals surface area contributed by atoms with Gasteiger partial charge in [0.2, 0.25) is 5.91 Å². The summed E-state index contributed by atoms with van der Waals surface area (Å²) in [5.74, 6) is -0.304. The predicted molar refractivity (Wildman–Crippen MR) is 79.6 cm³/mol. The Balaban J connectivity index is 1.79. The summed E-state index contributed by atoms with van der Waals surface area (Å²) in [5, 5.41) is 2.98. The highest BCUT2D eigenvalue weighted by atomic mass is 16.5. The van der Waals surface area contributed by atoms with Gasteiger partial charge in [-0.25, -0.2) is 0 Å². The van der Waals surface area contributed by atoms with E-state index in [-0.39, 0.29) is 23.8 Å². The van der Waals surface area contributed by atoms with E-state index in [1.54, 1.807) is 0 Å². The van der Waals surface area contributed by atoms with E-state index in [1.165, 1.54) is 7.11 Å². The molecule has 1 fully saturated rings. The van der Waals surface area contributed by atoms with Crippen molar-refractivity contribution in [1.82, 2.24) is 10.2 Å². The molecule has 5 heteroatoms. The van der Waals surface area contributed by atoms with Crippen LogP contribution in [0.3, 0.4) is 0 Å². The lowest BCUT2D eigenvalue weighted by Crippen LogP contribution is -2.37. The lowest BCUT2D eigenvalue weighted by Gasteiger charge is -2.18. The Morgan fingerprint density at radius 3 is 2.76 bits per heavy atom. The summed E-state index contributed by atoms with van der Waals surface area (Å²) in [4.78, 5) is 25.5. The van der Waals surface area contributed by atoms with E-state index >= 15 is 0 Å². The number of rotatable bonds is 5. The lowest BCUT2D eigenvalue weighted by atomic mass is 10.1. The highest BCUT2D eigenvalue weighted by Gasteiger charge is 2.29. The second-order valence-corrected chi connectivity index (χ2v) is 5.44. The molecule has 0 saturated carbocycles. The molecule has 0 aliphatic carbocycles. The van der Waals surface area contributed by atoms with E-state index in [9.17, 15) is 9.59 Å². The largest absolute Gasteiger partial charge is 0.469 e. The van der Waals surface area contributed by atoms with Gasteiger partial charge in [-0.15, -0.1) is 0 Å². The molecular weight excluding hydrogens is 268 g/mol. The molecule has 1 saturated heterocycles. The summed E-state index contributed by atoms with van der Waals surface area (Å²) in [6.45, 7) is 3.64. The van der Waals surface area contributed by atoms with Crippen LogP contribution in [0.5, 0.6) is 0 Å². The molecule has 0 radical (unpaired) electrons. The van der Waals surface area contributed by atoms with Crippen molar-refractivity contribution in [1.29, 1.82) is 0 Å².